The minimum atomic E-state index is 0. The molecule has 0 saturated heterocycles. The van der Waals surface area contributed by atoms with E-state index in [1.807, 2.05) is 0 Å². The topological polar surface area (TPSA) is 43.2 Å². The molecule has 0 N–H and O–H groups in total. The van der Waals surface area contributed by atoms with Gasteiger partial charge in [0.15, 0.2) is 11.8 Å². The van der Waals surface area contributed by atoms with Gasteiger partial charge in [-0.2, -0.15) is 0 Å². The van der Waals surface area contributed by atoms with Crippen LogP contribution in [0.3, 0.4) is 0 Å². The summed E-state index contributed by atoms with van der Waals surface area (Å²) in [6, 6.07) is 0.599. The standard InChI is InChI=1S/C15H22N2O2.2BrH.Pd/c1-10-14(5-3-6-14)18-12(16-10)9-13-17-11(2)15(19-13)7-4-8-15;;;/h10-11H,3-9H2,1-2H3;2*1H;/q;;;+2/p-2/t10-,11-;;;/m1.../s1. The first-order valence-corrected chi connectivity index (χ1v) is 7.63. The van der Waals surface area contributed by atoms with E-state index in [1.165, 1.54) is 12.8 Å². The van der Waals surface area contributed by atoms with Crippen molar-refractivity contribution in [3.63, 3.8) is 0 Å². The van der Waals surface area contributed by atoms with Gasteiger partial charge in [-0.1, -0.05) is 0 Å². The molecule has 2 aliphatic carbocycles. The predicted molar refractivity (Wildman–Crippen MR) is 73.7 cm³/mol. The Kier molecular flexibility index (Phi) is 6.75. The molecule has 4 rings (SSSR count). The molecule has 0 amide bonds. The average molecular weight is 529 g/mol. The van der Waals surface area contributed by atoms with Gasteiger partial charge in [0.1, 0.15) is 11.2 Å². The van der Waals surface area contributed by atoms with E-state index in [0.717, 1.165) is 37.5 Å². The fourth-order valence-corrected chi connectivity index (χ4v) is 3.74. The van der Waals surface area contributed by atoms with Gasteiger partial charge in [-0.05, 0) is 52.4 Å². The fourth-order valence-electron chi connectivity index (χ4n) is 3.74. The Morgan fingerprint density at radius 1 is 0.864 bits per heavy atom. The van der Waals surface area contributed by atoms with Crippen LogP contribution in [0.15, 0.2) is 9.98 Å². The normalized spacial score (nSPS) is 32.1. The Bertz CT molecular complexity index is 434. The van der Waals surface area contributed by atoms with E-state index in [0.29, 0.717) is 18.5 Å². The molecule has 2 spiro atoms. The quantitative estimate of drug-likeness (QED) is 0.356. The number of hydrogen-bond donors (Lipinski definition) is 0. The third kappa shape index (κ3) is 3.08. The van der Waals surface area contributed by atoms with Crippen molar-refractivity contribution >= 4 is 11.8 Å². The van der Waals surface area contributed by atoms with Crippen LogP contribution in [0.25, 0.3) is 0 Å². The van der Waals surface area contributed by atoms with Gasteiger partial charge in [-0.25, -0.2) is 9.98 Å². The second-order valence-electron chi connectivity index (χ2n) is 6.62. The van der Waals surface area contributed by atoms with Crippen LogP contribution < -0.4 is 34.0 Å². The third-order valence-electron chi connectivity index (χ3n) is 5.54. The minimum Gasteiger partial charge on any atom is -1.00 e. The number of nitrogens with zero attached hydrogens (tertiary/aromatic N) is 2. The summed E-state index contributed by atoms with van der Waals surface area (Å²) in [5, 5.41) is 0. The van der Waals surface area contributed by atoms with E-state index in [9.17, 15) is 0 Å². The molecule has 7 heteroatoms. The van der Waals surface area contributed by atoms with Gasteiger partial charge >= 0.3 is 20.4 Å². The van der Waals surface area contributed by atoms with Crippen molar-refractivity contribution < 1.29 is 63.9 Å². The summed E-state index contributed by atoms with van der Waals surface area (Å²) < 4.78 is 12.2. The summed E-state index contributed by atoms with van der Waals surface area (Å²) in [7, 11) is 0. The smallest absolute Gasteiger partial charge is 1.00 e. The first-order valence-electron chi connectivity index (χ1n) is 7.63. The van der Waals surface area contributed by atoms with Crippen molar-refractivity contribution in [2.75, 3.05) is 0 Å². The van der Waals surface area contributed by atoms with Gasteiger partial charge in [-0.3, -0.25) is 0 Å². The van der Waals surface area contributed by atoms with Gasteiger partial charge in [0.05, 0.1) is 18.5 Å². The first kappa shape index (κ1) is 20.6. The van der Waals surface area contributed by atoms with Gasteiger partial charge in [0.25, 0.3) is 0 Å². The number of halogens is 2. The summed E-state index contributed by atoms with van der Waals surface area (Å²) >= 11 is 0. The van der Waals surface area contributed by atoms with Crippen molar-refractivity contribution in [3.8, 4) is 0 Å². The maximum absolute atomic E-state index is 6.10. The Labute approximate surface area is 167 Å². The Morgan fingerprint density at radius 2 is 1.23 bits per heavy atom. The van der Waals surface area contributed by atoms with Crippen LogP contribution in [0.4, 0.5) is 0 Å². The van der Waals surface area contributed by atoms with Crippen LogP contribution in [0.5, 0.6) is 0 Å². The Balaban J connectivity index is 0.000000807. The Hall–Kier alpha value is 0.562. The predicted octanol–water partition coefficient (Wildman–Crippen LogP) is -3.14. The molecule has 0 aromatic rings. The summed E-state index contributed by atoms with van der Waals surface area (Å²) in [5.41, 5.74) is 0.0442. The number of rotatable bonds is 2. The molecule has 2 heterocycles. The maximum Gasteiger partial charge on any atom is 2.00 e. The second-order valence-corrected chi connectivity index (χ2v) is 6.62. The van der Waals surface area contributed by atoms with Gasteiger partial charge in [0.2, 0.25) is 0 Å². The van der Waals surface area contributed by atoms with E-state index >= 15 is 0 Å². The van der Waals surface area contributed by atoms with Crippen LogP contribution >= 0.6 is 0 Å². The third-order valence-corrected chi connectivity index (χ3v) is 5.54. The number of aliphatic imine (C=N–C) groups is 2. The van der Waals surface area contributed by atoms with E-state index in [1.54, 1.807) is 0 Å². The molecule has 2 aliphatic heterocycles. The summed E-state index contributed by atoms with van der Waals surface area (Å²) in [5.74, 6) is 1.68. The van der Waals surface area contributed by atoms with E-state index < -0.39 is 0 Å². The van der Waals surface area contributed by atoms with Crippen LogP contribution in [-0.4, -0.2) is 35.1 Å². The Morgan fingerprint density at radius 3 is 1.45 bits per heavy atom. The molecule has 4 nitrogen and oxygen atoms in total. The SMILES string of the molecule is C[C@H]1N=C(CC2=N[C@H](C)C3(CCC3)O2)OC12CCC2.[Br-].[Br-].[Pd+2]. The number of hydrogen-bond acceptors (Lipinski definition) is 4. The van der Waals surface area contributed by atoms with Gasteiger partial charge in [-0.15, -0.1) is 0 Å². The molecule has 128 valence electrons. The van der Waals surface area contributed by atoms with Crippen molar-refractivity contribution in [2.24, 2.45) is 9.98 Å². The largest absolute Gasteiger partial charge is 2.00 e. The van der Waals surface area contributed by atoms with Crippen molar-refractivity contribution in [1.29, 1.82) is 0 Å². The molecule has 0 unspecified atom stereocenters. The van der Waals surface area contributed by atoms with Crippen molar-refractivity contribution in [1.82, 2.24) is 0 Å². The van der Waals surface area contributed by atoms with Crippen LogP contribution in [-0.2, 0) is 29.9 Å². The zero-order valence-corrected chi connectivity index (χ0v) is 17.6. The fraction of sp³-hybridized carbons (Fsp3) is 0.867. The van der Waals surface area contributed by atoms with Crippen LogP contribution in [0, 0.1) is 0 Å². The second kappa shape index (κ2) is 7.21. The van der Waals surface area contributed by atoms with E-state index in [4.69, 9.17) is 9.47 Å². The number of ether oxygens (including phenoxy) is 2. The summed E-state index contributed by atoms with van der Waals surface area (Å²) in [4.78, 5) is 9.35. The summed E-state index contributed by atoms with van der Waals surface area (Å²) in [6.45, 7) is 4.33. The molecule has 4 aliphatic rings. The molecule has 0 aromatic heterocycles. The minimum absolute atomic E-state index is 0. The van der Waals surface area contributed by atoms with Gasteiger partial charge in [0, 0.05) is 0 Å². The molecule has 2 fully saturated rings. The molecule has 2 saturated carbocycles. The van der Waals surface area contributed by atoms with Gasteiger partial charge < -0.3 is 43.4 Å². The maximum atomic E-state index is 6.10. The molecule has 0 bridgehead atoms. The van der Waals surface area contributed by atoms with Crippen LogP contribution in [0.1, 0.15) is 58.8 Å². The summed E-state index contributed by atoms with van der Waals surface area (Å²) in [6.07, 6.45) is 7.78. The average Bonchev–Trinajstić information content (AvgIpc) is 2.75. The molecule has 2 atom stereocenters. The molecular formula is C15H22Br2N2O2Pd. The monoisotopic (exact) mass is 526 g/mol. The molecule has 0 radical (unpaired) electrons. The molecule has 22 heavy (non-hydrogen) atoms. The van der Waals surface area contributed by atoms with Crippen molar-refractivity contribution in [2.45, 2.75) is 82.1 Å². The van der Waals surface area contributed by atoms with Crippen molar-refractivity contribution in [3.05, 3.63) is 0 Å². The zero-order chi connectivity index (χ0) is 13.1. The van der Waals surface area contributed by atoms with E-state index in [2.05, 4.69) is 23.8 Å². The van der Waals surface area contributed by atoms with Crippen LogP contribution in [0.2, 0.25) is 0 Å². The zero-order valence-electron chi connectivity index (χ0n) is 12.9. The van der Waals surface area contributed by atoms with E-state index in [-0.39, 0.29) is 65.6 Å². The molecule has 0 aromatic carbocycles. The molecular weight excluding hydrogens is 506 g/mol. The first-order chi connectivity index (χ1) is 9.12.